The predicted octanol–water partition coefficient (Wildman–Crippen LogP) is 1.56. The molecule has 0 spiro atoms. The number of benzene rings is 1. The van der Waals surface area contributed by atoms with Gasteiger partial charge in [-0.05, 0) is 24.6 Å². The third-order valence-electron chi connectivity index (χ3n) is 2.96. The lowest BCUT2D eigenvalue weighted by atomic mass is 10.2. The Hall–Kier alpha value is -2.52. The molecule has 1 N–H and O–H groups in total. The van der Waals surface area contributed by atoms with Crippen molar-refractivity contribution in [3.8, 4) is 11.8 Å². The highest BCUT2D eigenvalue weighted by Gasteiger charge is 2.16. The number of ether oxygens (including phenoxy) is 1. The molecular formula is C16H21N3O3. The molecule has 0 aliphatic carbocycles. The van der Waals surface area contributed by atoms with E-state index < -0.39 is 5.97 Å². The molecule has 1 rings (SSSR count). The van der Waals surface area contributed by atoms with Crippen LogP contribution < -0.4 is 14.5 Å². The molecule has 0 heterocycles. The first kappa shape index (κ1) is 17.5. The molecule has 6 nitrogen and oxygen atoms in total. The zero-order chi connectivity index (χ0) is 16.7. The number of carbonyl (C=O) groups is 1. The summed E-state index contributed by atoms with van der Waals surface area (Å²) in [6.07, 6.45) is 1.60. The molecule has 0 bridgehead atoms. The predicted molar refractivity (Wildman–Crippen MR) is 86.1 cm³/mol. The summed E-state index contributed by atoms with van der Waals surface area (Å²) in [6, 6.07) is 7.21. The molecule has 0 amide bonds. The summed E-state index contributed by atoms with van der Waals surface area (Å²) in [7, 11) is 7.54. The molecular weight excluding hydrogens is 282 g/mol. The summed E-state index contributed by atoms with van der Waals surface area (Å²) in [5.74, 6) is -0.345. The van der Waals surface area contributed by atoms with E-state index >= 15 is 0 Å². The second kappa shape index (κ2) is 8.05. The van der Waals surface area contributed by atoms with Crippen molar-refractivity contribution in [2.45, 2.75) is 6.42 Å². The number of aliphatic hydroxyl groups excluding tert-OH is 1. The molecule has 22 heavy (non-hydrogen) atoms. The van der Waals surface area contributed by atoms with E-state index in [4.69, 9.17) is 15.1 Å². The molecule has 0 aliphatic rings. The molecule has 0 atom stereocenters. The third-order valence-corrected chi connectivity index (χ3v) is 2.96. The van der Waals surface area contributed by atoms with Crippen molar-refractivity contribution in [2.24, 2.45) is 0 Å². The number of hydrogen-bond acceptors (Lipinski definition) is 6. The lowest BCUT2D eigenvalue weighted by Crippen LogP contribution is -2.16. The SMILES string of the molecule is CN(C)c1ccc(OC(=O)C(C#N)=CCCO)c(N(C)C)c1. The molecule has 0 radical (unpaired) electrons. The highest BCUT2D eigenvalue weighted by atomic mass is 16.5. The van der Waals surface area contributed by atoms with Crippen molar-refractivity contribution in [3.05, 3.63) is 29.8 Å². The second-order valence-electron chi connectivity index (χ2n) is 5.07. The lowest BCUT2D eigenvalue weighted by Gasteiger charge is -2.20. The van der Waals surface area contributed by atoms with Crippen LogP contribution in [0.15, 0.2) is 29.8 Å². The molecule has 0 aromatic heterocycles. The van der Waals surface area contributed by atoms with E-state index in [0.29, 0.717) is 5.75 Å². The van der Waals surface area contributed by atoms with E-state index in [0.717, 1.165) is 11.4 Å². The van der Waals surface area contributed by atoms with Crippen molar-refractivity contribution in [1.29, 1.82) is 5.26 Å². The molecule has 0 fully saturated rings. The summed E-state index contributed by atoms with van der Waals surface area (Å²) in [4.78, 5) is 15.8. The highest BCUT2D eigenvalue weighted by molar-refractivity contribution is 5.95. The average Bonchev–Trinajstić information content (AvgIpc) is 2.47. The zero-order valence-electron chi connectivity index (χ0n) is 13.3. The largest absolute Gasteiger partial charge is 0.420 e. The fraction of sp³-hybridized carbons (Fsp3) is 0.375. The summed E-state index contributed by atoms with van der Waals surface area (Å²) >= 11 is 0. The molecule has 0 unspecified atom stereocenters. The Bertz CT molecular complexity index is 601. The van der Waals surface area contributed by atoms with E-state index in [1.165, 1.54) is 6.08 Å². The Morgan fingerprint density at radius 2 is 2.00 bits per heavy atom. The van der Waals surface area contributed by atoms with Gasteiger partial charge in [0.15, 0.2) is 5.75 Å². The van der Waals surface area contributed by atoms with Crippen molar-refractivity contribution >= 4 is 17.3 Å². The van der Waals surface area contributed by atoms with Crippen molar-refractivity contribution in [2.75, 3.05) is 44.6 Å². The van der Waals surface area contributed by atoms with E-state index in [-0.39, 0.29) is 18.6 Å². The van der Waals surface area contributed by atoms with Gasteiger partial charge in [0.2, 0.25) is 0 Å². The van der Waals surface area contributed by atoms with Crippen LogP contribution in [-0.2, 0) is 4.79 Å². The molecule has 0 saturated carbocycles. The first-order chi connectivity index (χ1) is 10.4. The molecule has 6 heteroatoms. The standard InChI is InChI=1S/C16H21N3O3/c1-18(2)13-7-8-15(14(10-13)19(3)4)22-16(21)12(11-17)6-5-9-20/h6-8,10,20H,5,9H2,1-4H3. The van der Waals surface area contributed by atoms with Gasteiger partial charge in [-0.2, -0.15) is 5.26 Å². The minimum absolute atomic E-state index is 0.115. The fourth-order valence-electron chi connectivity index (χ4n) is 1.76. The van der Waals surface area contributed by atoms with Gasteiger partial charge in [0.1, 0.15) is 11.6 Å². The van der Waals surface area contributed by atoms with Gasteiger partial charge in [0, 0.05) is 40.5 Å². The highest BCUT2D eigenvalue weighted by Crippen LogP contribution is 2.31. The van der Waals surface area contributed by atoms with Gasteiger partial charge in [0.05, 0.1) is 5.69 Å². The van der Waals surface area contributed by atoms with Crippen LogP contribution in [0.2, 0.25) is 0 Å². The Morgan fingerprint density at radius 3 is 2.50 bits per heavy atom. The average molecular weight is 303 g/mol. The van der Waals surface area contributed by atoms with Gasteiger partial charge in [-0.1, -0.05) is 6.08 Å². The van der Waals surface area contributed by atoms with Crippen LogP contribution in [0, 0.1) is 11.3 Å². The molecule has 0 saturated heterocycles. The van der Waals surface area contributed by atoms with Crippen LogP contribution in [0.3, 0.4) is 0 Å². The molecule has 1 aromatic carbocycles. The summed E-state index contributed by atoms with van der Waals surface area (Å²) in [6.45, 7) is -0.126. The number of rotatable bonds is 6. The number of anilines is 2. The van der Waals surface area contributed by atoms with Crippen molar-refractivity contribution in [3.63, 3.8) is 0 Å². The topological polar surface area (TPSA) is 76.8 Å². The van der Waals surface area contributed by atoms with Gasteiger partial charge in [-0.25, -0.2) is 4.79 Å². The Morgan fingerprint density at radius 1 is 1.32 bits per heavy atom. The second-order valence-corrected chi connectivity index (χ2v) is 5.07. The van der Waals surface area contributed by atoms with Gasteiger partial charge in [-0.15, -0.1) is 0 Å². The zero-order valence-corrected chi connectivity index (χ0v) is 13.3. The number of nitriles is 1. The summed E-state index contributed by atoms with van der Waals surface area (Å²) in [5, 5.41) is 17.7. The van der Waals surface area contributed by atoms with Crippen LogP contribution >= 0.6 is 0 Å². The van der Waals surface area contributed by atoms with E-state index in [9.17, 15) is 4.79 Å². The van der Waals surface area contributed by atoms with Crippen LogP contribution in [0.5, 0.6) is 5.75 Å². The summed E-state index contributed by atoms with van der Waals surface area (Å²) < 4.78 is 5.32. The molecule has 0 aliphatic heterocycles. The normalized spacial score (nSPS) is 10.8. The minimum atomic E-state index is -0.725. The van der Waals surface area contributed by atoms with E-state index in [1.54, 1.807) is 12.1 Å². The Kier molecular flexibility index (Phi) is 6.42. The lowest BCUT2D eigenvalue weighted by molar-refractivity contribution is -0.129. The van der Waals surface area contributed by atoms with E-state index in [2.05, 4.69) is 0 Å². The number of esters is 1. The third kappa shape index (κ3) is 4.50. The van der Waals surface area contributed by atoms with Gasteiger partial charge >= 0.3 is 5.97 Å². The van der Waals surface area contributed by atoms with Crippen molar-refractivity contribution < 1.29 is 14.6 Å². The summed E-state index contributed by atoms with van der Waals surface area (Å²) in [5.41, 5.74) is 1.59. The van der Waals surface area contributed by atoms with Crippen LogP contribution in [0.4, 0.5) is 11.4 Å². The first-order valence-corrected chi connectivity index (χ1v) is 6.82. The monoisotopic (exact) mass is 303 g/mol. The molecule has 1 aromatic rings. The molecule has 118 valence electrons. The maximum absolute atomic E-state index is 12.0. The van der Waals surface area contributed by atoms with Crippen LogP contribution in [0.1, 0.15) is 6.42 Å². The van der Waals surface area contributed by atoms with E-state index in [1.807, 2.05) is 50.1 Å². The van der Waals surface area contributed by atoms with Crippen molar-refractivity contribution in [1.82, 2.24) is 0 Å². The van der Waals surface area contributed by atoms with Crippen LogP contribution in [-0.4, -0.2) is 45.9 Å². The minimum Gasteiger partial charge on any atom is -0.420 e. The quantitative estimate of drug-likeness (QED) is 0.372. The van der Waals surface area contributed by atoms with Gasteiger partial charge in [0.25, 0.3) is 0 Å². The number of nitrogens with zero attached hydrogens (tertiary/aromatic N) is 3. The Labute approximate surface area is 130 Å². The maximum Gasteiger partial charge on any atom is 0.354 e. The first-order valence-electron chi connectivity index (χ1n) is 6.82. The maximum atomic E-state index is 12.0. The Balaban J connectivity index is 3.07. The number of hydrogen-bond donors (Lipinski definition) is 1. The van der Waals surface area contributed by atoms with Gasteiger partial charge in [-0.3, -0.25) is 0 Å². The van der Waals surface area contributed by atoms with Crippen LogP contribution in [0.25, 0.3) is 0 Å². The number of aliphatic hydroxyl groups is 1. The fourth-order valence-corrected chi connectivity index (χ4v) is 1.76. The van der Waals surface area contributed by atoms with Gasteiger partial charge < -0.3 is 19.6 Å². The number of carbonyl (C=O) groups excluding carboxylic acids is 1. The smallest absolute Gasteiger partial charge is 0.354 e.